The maximum Gasteiger partial charge on any atom is 0.149 e. The summed E-state index contributed by atoms with van der Waals surface area (Å²) in [7, 11) is -1.62. The van der Waals surface area contributed by atoms with E-state index in [2.05, 4.69) is 0 Å². The van der Waals surface area contributed by atoms with Crippen LogP contribution in [0.2, 0.25) is 0 Å². The molecule has 0 heterocycles. The number of hydrogen-bond acceptors (Lipinski definition) is 0. The molecular formula is C3H6F2S. The number of hydrogen-bond donors (Lipinski definition) is 0. The highest BCUT2D eigenvalue weighted by Gasteiger charge is 1.84. The van der Waals surface area contributed by atoms with E-state index in [0.717, 1.165) is 6.92 Å². The molecule has 0 amide bonds. The molecule has 0 radical (unpaired) electrons. The molecule has 0 N–H and O–H groups in total. The van der Waals surface area contributed by atoms with E-state index in [1.807, 2.05) is 0 Å². The molecule has 0 aromatic carbocycles. The topological polar surface area (TPSA) is 0 Å². The lowest BCUT2D eigenvalue weighted by Gasteiger charge is -1.80. The molecule has 38 valence electrons. The fourth-order valence-electron chi connectivity index (χ4n) is 0. The van der Waals surface area contributed by atoms with Crippen molar-refractivity contribution in [3.05, 3.63) is 0 Å². The Bertz CT molecular complexity index is 58.9. The molecule has 0 rings (SSSR count). The van der Waals surface area contributed by atoms with Crippen LogP contribution >= 0.6 is 10.9 Å². The van der Waals surface area contributed by atoms with E-state index in [-0.39, 0.29) is 0 Å². The third kappa shape index (κ3) is 2.33. The van der Waals surface area contributed by atoms with Gasteiger partial charge in [0.1, 0.15) is 5.12 Å². The molecule has 0 nitrogen and oxygen atoms in total. The molecule has 0 aliphatic heterocycles. The van der Waals surface area contributed by atoms with Crippen molar-refractivity contribution >= 4 is 16.0 Å². The van der Waals surface area contributed by atoms with Gasteiger partial charge in [0, 0.05) is 17.1 Å². The molecule has 0 spiro atoms. The first kappa shape index (κ1) is 6.08. The van der Waals surface area contributed by atoms with Crippen LogP contribution in [0.15, 0.2) is 0 Å². The number of halogens is 2. The van der Waals surface area contributed by atoms with E-state index in [0.29, 0.717) is 0 Å². The Labute approximate surface area is 38.4 Å². The van der Waals surface area contributed by atoms with Crippen LogP contribution in [0.3, 0.4) is 0 Å². The predicted octanol–water partition coefficient (Wildman–Crippen LogP) is 1.89. The Hall–Kier alpha value is 0.0800. The van der Waals surface area contributed by atoms with Crippen LogP contribution in [-0.2, 0) is 0 Å². The van der Waals surface area contributed by atoms with Gasteiger partial charge in [-0.05, 0) is 6.92 Å². The minimum atomic E-state index is -1.62. The Morgan fingerprint density at radius 2 is 1.83 bits per heavy atom. The largest absolute Gasteiger partial charge is 0.203 e. The third-order valence-corrected chi connectivity index (χ3v) is 1.16. The second kappa shape index (κ2) is 2.29. The Morgan fingerprint density at radius 3 is 1.83 bits per heavy atom. The molecule has 0 fully saturated rings. The number of rotatable bonds is 0. The molecule has 0 aliphatic rings. The van der Waals surface area contributed by atoms with Gasteiger partial charge in [-0.1, -0.05) is 0 Å². The molecule has 1 unspecified atom stereocenters. The maximum absolute atomic E-state index is 11.4. The van der Waals surface area contributed by atoms with Gasteiger partial charge in [0.15, 0.2) is 0 Å². The monoisotopic (exact) mass is 112 g/mol. The zero-order chi connectivity index (χ0) is 5.15. The summed E-state index contributed by atoms with van der Waals surface area (Å²) >= 11 is 0. The summed E-state index contributed by atoms with van der Waals surface area (Å²) < 4.78 is 22.8. The molecule has 0 bridgehead atoms. The fourth-order valence-corrected chi connectivity index (χ4v) is 0. The minimum Gasteiger partial charge on any atom is -0.203 e. The summed E-state index contributed by atoms with van der Waals surface area (Å²) in [6.07, 6.45) is 1.19. The quantitative estimate of drug-likeness (QED) is 0.331. The zero-order valence-electron chi connectivity index (χ0n) is 3.66. The van der Waals surface area contributed by atoms with Crippen LogP contribution in [0.1, 0.15) is 6.92 Å². The standard InChI is InChI=1S/C3H6F2S/c1-3(4)6(2)5/h1-2H3. The van der Waals surface area contributed by atoms with Crippen LogP contribution < -0.4 is 0 Å². The van der Waals surface area contributed by atoms with Crippen LogP contribution in [0, 0.1) is 0 Å². The second-order valence-electron chi connectivity index (χ2n) is 0.906. The van der Waals surface area contributed by atoms with Gasteiger partial charge < -0.3 is 0 Å². The SMILES string of the molecule is C/C(F)=S(/C)F. The molecule has 0 saturated heterocycles. The minimum absolute atomic E-state index is 0.630. The molecule has 0 aliphatic carbocycles. The molecular weight excluding hydrogens is 106 g/mol. The fraction of sp³-hybridized carbons (Fsp3) is 0.667. The summed E-state index contributed by atoms with van der Waals surface area (Å²) in [5, 5.41) is -0.630. The van der Waals surface area contributed by atoms with Gasteiger partial charge in [-0.3, -0.25) is 0 Å². The molecule has 0 aromatic heterocycles. The van der Waals surface area contributed by atoms with Crippen LogP contribution in [-0.4, -0.2) is 11.4 Å². The van der Waals surface area contributed by atoms with Crippen molar-refractivity contribution < 1.29 is 8.28 Å². The van der Waals surface area contributed by atoms with Crippen LogP contribution in [0.5, 0.6) is 0 Å². The van der Waals surface area contributed by atoms with Gasteiger partial charge in [0.05, 0.1) is 0 Å². The average molecular weight is 112 g/mol. The lowest BCUT2D eigenvalue weighted by Crippen LogP contribution is -1.70. The lowest BCUT2D eigenvalue weighted by molar-refractivity contribution is 0.816. The van der Waals surface area contributed by atoms with E-state index in [1.165, 1.54) is 6.26 Å². The molecule has 1 atom stereocenters. The molecule has 3 heteroatoms. The molecule has 6 heavy (non-hydrogen) atoms. The van der Waals surface area contributed by atoms with Crippen molar-refractivity contribution in [3.8, 4) is 0 Å². The van der Waals surface area contributed by atoms with Gasteiger partial charge in [-0.2, -0.15) is 3.89 Å². The summed E-state index contributed by atoms with van der Waals surface area (Å²) in [5.41, 5.74) is 0. The summed E-state index contributed by atoms with van der Waals surface area (Å²) in [4.78, 5) is 0. The zero-order valence-corrected chi connectivity index (χ0v) is 4.48. The Balaban J connectivity index is 3.68. The van der Waals surface area contributed by atoms with E-state index in [4.69, 9.17) is 0 Å². The van der Waals surface area contributed by atoms with Crippen molar-refractivity contribution in [2.45, 2.75) is 6.92 Å². The van der Waals surface area contributed by atoms with Gasteiger partial charge in [0.25, 0.3) is 0 Å². The molecule has 0 aromatic rings. The van der Waals surface area contributed by atoms with Crippen LogP contribution in [0.25, 0.3) is 0 Å². The Morgan fingerprint density at radius 1 is 1.67 bits per heavy atom. The van der Waals surface area contributed by atoms with Gasteiger partial charge >= 0.3 is 0 Å². The van der Waals surface area contributed by atoms with E-state index in [1.54, 1.807) is 0 Å². The van der Waals surface area contributed by atoms with E-state index < -0.39 is 16.0 Å². The first-order valence-corrected chi connectivity index (χ1v) is 2.99. The lowest BCUT2D eigenvalue weighted by atomic mass is 10.9. The maximum atomic E-state index is 11.4. The molecule has 0 saturated carbocycles. The third-order valence-electron chi connectivity index (χ3n) is 0.388. The highest BCUT2D eigenvalue weighted by Crippen LogP contribution is 2.09. The van der Waals surface area contributed by atoms with Crippen LogP contribution in [0.4, 0.5) is 8.28 Å². The Kier molecular flexibility index (Phi) is 2.32. The van der Waals surface area contributed by atoms with Crippen molar-refractivity contribution in [2.75, 3.05) is 6.26 Å². The van der Waals surface area contributed by atoms with Crippen molar-refractivity contribution in [3.63, 3.8) is 0 Å². The summed E-state index contributed by atoms with van der Waals surface area (Å²) in [6.45, 7) is 1.13. The first-order chi connectivity index (χ1) is 2.64. The summed E-state index contributed by atoms with van der Waals surface area (Å²) in [6, 6.07) is 0. The highest BCUT2D eigenvalue weighted by molar-refractivity contribution is 8.10. The highest BCUT2D eigenvalue weighted by atomic mass is 32.2. The van der Waals surface area contributed by atoms with Gasteiger partial charge in [-0.15, -0.1) is 0 Å². The van der Waals surface area contributed by atoms with E-state index in [9.17, 15) is 8.28 Å². The van der Waals surface area contributed by atoms with Gasteiger partial charge in [-0.25, -0.2) is 4.39 Å². The predicted molar refractivity (Wildman–Crippen MR) is 26.4 cm³/mol. The van der Waals surface area contributed by atoms with Crippen molar-refractivity contribution in [1.82, 2.24) is 0 Å². The first-order valence-electron chi connectivity index (χ1n) is 1.46. The van der Waals surface area contributed by atoms with Crippen molar-refractivity contribution in [1.29, 1.82) is 0 Å². The van der Waals surface area contributed by atoms with E-state index >= 15 is 0 Å². The normalized spacial score (nSPS) is 17.0. The average Bonchev–Trinajstić information content (AvgIpc) is 1.36. The van der Waals surface area contributed by atoms with Gasteiger partial charge in [0.2, 0.25) is 0 Å². The summed E-state index contributed by atoms with van der Waals surface area (Å²) in [5.74, 6) is 0. The second-order valence-corrected chi connectivity index (χ2v) is 2.34. The smallest absolute Gasteiger partial charge is 0.149 e. The van der Waals surface area contributed by atoms with Crippen molar-refractivity contribution in [2.24, 2.45) is 0 Å².